The van der Waals surface area contributed by atoms with Crippen molar-refractivity contribution < 1.29 is 14.3 Å². The van der Waals surface area contributed by atoms with E-state index < -0.39 is 5.97 Å². The summed E-state index contributed by atoms with van der Waals surface area (Å²) in [6, 6.07) is 6.58. The molecule has 1 aromatic heterocycles. The van der Waals surface area contributed by atoms with E-state index in [0.717, 1.165) is 18.5 Å². The Bertz CT molecular complexity index is 741. The first-order valence-electron chi connectivity index (χ1n) is 9.70. The first-order valence-corrected chi connectivity index (χ1v) is 9.70. The number of unbranched alkanes of at least 4 members (excludes halogenated alkanes) is 6. The van der Waals surface area contributed by atoms with Crippen LogP contribution in [0.3, 0.4) is 0 Å². The van der Waals surface area contributed by atoms with Crippen LogP contribution in [0.2, 0.25) is 0 Å². The third kappa shape index (κ3) is 6.27. The number of benzene rings is 1. The van der Waals surface area contributed by atoms with Crippen molar-refractivity contribution in [1.82, 2.24) is 9.97 Å². The van der Waals surface area contributed by atoms with Crippen molar-refractivity contribution in [3.8, 4) is 0 Å². The average Bonchev–Trinajstić information content (AvgIpc) is 2.72. The summed E-state index contributed by atoms with van der Waals surface area (Å²) in [4.78, 5) is 33.1. The number of hydrogen-bond acceptors (Lipinski definition) is 5. The zero-order chi connectivity index (χ0) is 19.5. The maximum Gasteiger partial charge on any atom is 0.338 e. The molecular weight excluding hydrogens is 340 g/mol. The summed E-state index contributed by atoms with van der Waals surface area (Å²) in [6.07, 6.45) is 12.8. The molecule has 1 aromatic carbocycles. The molecular formula is C22H28N2O3. The van der Waals surface area contributed by atoms with Crippen LogP contribution in [0.1, 0.15) is 84.0 Å². The third-order valence-corrected chi connectivity index (χ3v) is 4.55. The van der Waals surface area contributed by atoms with E-state index in [2.05, 4.69) is 16.9 Å². The molecule has 0 saturated heterocycles. The summed E-state index contributed by atoms with van der Waals surface area (Å²) in [7, 11) is 1.29. The number of ketones is 1. The molecule has 1 heterocycles. The van der Waals surface area contributed by atoms with E-state index in [4.69, 9.17) is 4.74 Å². The molecule has 2 aromatic rings. The van der Waals surface area contributed by atoms with E-state index in [1.165, 1.54) is 51.8 Å². The molecule has 0 radical (unpaired) electrons. The second-order valence-corrected chi connectivity index (χ2v) is 6.63. The number of aryl methyl sites for hydroxylation is 1. The van der Waals surface area contributed by atoms with Crippen LogP contribution >= 0.6 is 0 Å². The molecule has 0 saturated carbocycles. The van der Waals surface area contributed by atoms with Gasteiger partial charge in [-0.3, -0.25) is 9.78 Å². The van der Waals surface area contributed by atoms with Gasteiger partial charge in [0.1, 0.15) is 5.69 Å². The van der Waals surface area contributed by atoms with Crippen molar-refractivity contribution >= 4 is 11.8 Å². The van der Waals surface area contributed by atoms with Crippen molar-refractivity contribution in [1.29, 1.82) is 0 Å². The van der Waals surface area contributed by atoms with Gasteiger partial charge in [0.15, 0.2) is 0 Å². The highest BCUT2D eigenvalue weighted by molar-refractivity contribution is 6.13. The lowest BCUT2D eigenvalue weighted by Crippen LogP contribution is -2.12. The molecule has 5 heteroatoms. The molecule has 0 unspecified atom stereocenters. The quantitative estimate of drug-likeness (QED) is 0.324. The Balaban J connectivity index is 1.92. The monoisotopic (exact) mass is 368 g/mol. The predicted molar refractivity (Wildman–Crippen MR) is 105 cm³/mol. The lowest BCUT2D eigenvalue weighted by Gasteiger charge is -2.07. The number of carbonyl (C=O) groups is 2. The fraction of sp³-hybridized carbons (Fsp3) is 0.455. The smallest absolute Gasteiger partial charge is 0.338 e. The van der Waals surface area contributed by atoms with E-state index >= 15 is 0 Å². The minimum absolute atomic E-state index is 0.231. The molecule has 2 rings (SSSR count). The van der Waals surface area contributed by atoms with Crippen LogP contribution in [0.4, 0.5) is 0 Å². The lowest BCUT2D eigenvalue weighted by molar-refractivity contribution is 0.0597. The fourth-order valence-electron chi connectivity index (χ4n) is 2.97. The van der Waals surface area contributed by atoms with E-state index in [1.54, 1.807) is 30.5 Å². The van der Waals surface area contributed by atoms with E-state index in [1.807, 2.05) is 0 Å². The third-order valence-electron chi connectivity index (χ3n) is 4.55. The van der Waals surface area contributed by atoms with Gasteiger partial charge in [-0.1, -0.05) is 63.6 Å². The number of rotatable bonds is 11. The second kappa shape index (κ2) is 11.2. The molecule has 0 spiro atoms. The van der Waals surface area contributed by atoms with E-state index in [9.17, 15) is 9.59 Å². The van der Waals surface area contributed by atoms with Gasteiger partial charge in [0.25, 0.3) is 0 Å². The Labute approximate surface area is 161 Å². The van der Waals surface area contributed by atoms with Gasteiger partial charge in [-0.05, 0) is 18.9 Å². The molecule has 0 atom stereocenters. The topological polar surface area (TPSA) is 69.2 Å². The van der Waals surface area contributed by atoms with E-state index in [-0.39, 0.29) is 22.6 Å². The minimum atomic E-state index is -0.539. The largest absolute Gasteiger partial charge is 0.465 e. The van der Waals surface area contributed by atoms with Crippen molar-refractivity contribution in [2.45, 2.75) is 58.3 Å². The van der Waals surface area contributed by atoms with Crippen LogP contribution in [-0.4, -0.2) is 28.8 Å². The molecule has 144 valence electrons. The van der Waals surface area contributed by atoms with Crippen LogP contribution < -0.4 is 0 Å². The number of carbonyl (C=O) groups excluding carboxylic acids is 2. The molecule has 0 aliphatic carbocycles. The van der Waals surface area contributed by atoms with Gasteiger partial charge in [-0.2, -0.15) is 0 Å². The Morgan fingerprint density at radius 1 is 0.889 bits per heavy atom. The number of esters is 1. The minimum Gasteiger partial charge on any atom is -0.465 e. The zero-order valence-electron chi connectivity index (χ0n) is 16.2. The molecule has 0 amide bonds. The van der Waals surface area contributed by atoms with Gasteiger partial charge in [0.2, 0.25) is 5.78 Å². The Morgan fingerprint density at radius 3 is 2.19 bits per heavy atom. The average molecular weight is 368 g/mol. The highest BCUT2D eigenvalue weighted by Gasteiger charge is 2.19. The first kappa shape index (κ1) is 20.7. The molecule has 0 bridgehead atoms. The number of hydrogen-bond donors (Lipinski definition) is 0. The van der Waals surface area contributed by atoms with E-state index in [0.29, 0.717) is 0 Å². The van der Waals surface area contributed by atoms with Crippen molar-refractivity contribution in [2.75, 3.05) is 7.11 Å². The van der Waals surface area contributed by atoms with Gasteiger partial charge < -0.3 is 4.74 Å². The molecule has 0 aliphatic heterocycles. The van der Waals surface area contributed by atoms with Crippen LogP contribution in [-0.2, 0) is 11.2 Å². The Morgan fingerprint density at radius 2 is 1.56 bits per heavy atom. The maximum atomic E-state index is 12.7. The summed E-state index contributed by atoms with van der Waals surface area (Å²) in [5, 5.41) is 0. The number of methoxy groups -OCH3 is 1. The summed E-state index contributed by atoms with van der Waals surface area (Å²) in [6.45, 7) is 2.22. The molecule has 27 heavy (non-hydrogen) atoms. The summed E-state index contributed by atoms with van der Waals surface area (Å²) < 4.78 is 4.74. The van der Waals surface area contributed by atoms with Gasteiger partial charge in [-0.15, -0.1) is 0 Å². The van der Waals surface area contributed by atoms with Crippen LogP contribution in [0.5, 0.6) is 0 Å². The van der Waals surface area contributed by atoms with Crippen LogP contribution in [0.25, 0.3) is 0 Å². The summed E-state index contributed by atoms with van der Waals surface area (Å²) in [5.74, 6) is -0.867. The standard InChI is InChI=1S/C22H28N2O3/c1-3-4-5-6-7-8-9-12-17-15-24-20(16-23-17)21(25)18-13-10-11-14-19(18)22(26)27-2/h10-11,13-16H,3-9,12H2,1-2H3. The van der Waals surface area contributed by atoms with Crippen molar-refractivity contribution in [3.63, 3.8) is 0 Å². The molecule has 5 nitrogen and oxygen atoms in total. The maximum absolute atomic E-state index is 12.7. The van der Waals surface area contributed by atoms with Gasteiger partial charge in [-0.25, -0.2) is 9.78 Å². The van der Waals surface area contributed by atoms with Gasteiger partial charge >= 0.3 is 5.97 Å². The SMILES string of the molecule is CCCCCCCCCc1cnc(C(=O)c2ccccc2C(=O)OC)cn1. The predicted octanol–water partition coefficient (Wildman–Crippen LogP) is 4.79. The Hall–Kier alpha value is -2.56. The summed E-state index contributed by atoms with van der Waals surface area (Å²) >= 11 is 0. The summed E-state index contributed by atoms with van der Waals surface area (Å²) in [5.41, 5.74) is 1.63. The highest BCUT2D eigenvalue weighted by atomic mass is 16.5. The zero-order valence-corrected chi connectivity index (χ0v) is 16.2. The fourth-order valence-corrected chi connectivity index (χ4v) is 2.97. The number of ether oxygens (including phenoxy) is 1. The number of nitrogens with zero attached hydrogens (tertiary/aromatic N) is 2. The Kier molecular flexibility index (Phi) is 8.62. The molecule has 0 aliphatic rings. The van der Waals surface area contributed by atoms with Crippen molar-refractivity contribution in [2.24, 2.45) is 0 Å². The molecule has 0 fully saturated rings. The lowest BCUT2D eigenvalue weighted by atomic mass is 10.0. The van der Waals surface area contributed by atoms with Gasteiger partial charge in [0.05, 0.1) is 24.6 Å². The second-order valence-electron chi connectivity index (χ2n) is 6.63. The first-order chi connectivity index (χ1) is 13.2. The van der Waals surface area contributed by atoms with Crippen molar-refractivity contribution in [3.05, 3.63) is 59.2 Å². The van der Waals surface area contributed by atoms with Crippen LogP contribution in [0, 0.1) is 0 Å². The normalized spacial score (nSPS) is 10.6. The van der Waals surface area contributed by atoms with Crippen LogP contribution in [0.15, 0.2) is 36.7 Å². The highest BCUT2D eigenvalue weighted by Crippen LogP contribution is 2.15. The number of aromatic nitrogens is 2. The van der Waals surface area contributed by atoms with Gasteiger partial charge in [0, 0.05) is 11.8 Å². The molecule has 0 N–H and O–H groups in total.